The van der Waals surface area contributed by atoms with Gasteiger partial charge in [0, 0.05) is 25.2 Å². The summed E-state index contributed by atoms with van der Waals surface area (Å²) < 4.78 is 0. The molecule has 4 heteroatoms. The molecule has 4 nitrogen and oxygen atoms in total. The van der Waals surface area contributed by atoms with Gasteiger partial charge in [0.2, 0.25) is 11.8 Å². The quantitative estimate of drug-likeness (QED) is 0.892. The average molecular weight is 350 g/mol. The number of carbonyl (C=O) groups is 2. The third kappa shape index (κ3) is 4.13. The van der Waals surface area contributed by atoms with E-state index in [4.69, 9.17) is 0 Å². The second-order valence-electron chi connectivity index (χ2n) is 7.36. The molecule has 0 unspecified atom stereocenters. The Balaban J connectivity index is 1.57. The number of hydrogen-bond acceptors (Lipinski definition) is 2. The van der Waals surface area contributed by atoms with E-state index < -0.39 is 0 Å². The molecule has 1 atom stereocenters. The Labute approximate surface area is 155 Å². The summed E-state index contributed by atoms with van der Waals surface area (Å²) in [5, 5.41) is 2.97. The van der Waals surface area contributed by atoms with Gasteiger partial charge in [0.1, 0.15) is 0 Å². The second-order valence-corrected chi connectivity index (χ2v) is 7.36. The lowest BCUT2D eigenvalue weighted by molar-refractivity contribution is -0.126. The van der Waals surface area contributed by atoms with Gasteiger partial charge in [-0.25, -0.2) is 0 Å². The third-order valence-electron chi connectivity index (χ3n) is 4.95. The molecule has 1 N–H and O–H groups in total. The van der Waals surface area contributed by atoms with Crippen molar-refractivity contribution in [2.24, 2.45) is 5.92 Å². The molecule has 26 heavy (non-hydrogen) atoms. The molecule has 1 aliphatic rings. The monoisotopic (exact) mass is 350 g/mol. The summed E-state index contributed by atoms with van der Waals surface area (Å²) in [6, 6.07) is 16.1. The number of nitrogens with zero attached hydrogens (tertiary/aromatic N) is 1. The van der Waals surface area contributed by atoms with Gasteiger partial charge in [-0.3, -0.25) is 9.59 Å². The largest absolute Gasteiger partial charge is 0.352 e. The normalized spacial score (nSPS) is 17.0. The molecular formula is C22H26N2O2. The SMILES string of the molecule is Cc1ccc(N2C[C@H](C(=O)NCc3ccc(C(C)C)cc3)CC2=O)cc1. The van der Waals surface area contributed by atoms with E-state index in [0.29, 0.717) is 19.0 Å². The van der Waals surface area contributed by atoms with Crippen molar-refractivity contribution < 1.29 is 9.59 Å². The predicted octanol–water partition coefficient (Wildman–Crippen LogP) is 3.79. The van der Waals surface area contributed by atoms with Crippen LogP contribution in [0.3, 0.4) is 0 Å². The number of anilines is 1. The standard InChI is InChI=1S/C22H26N2O2/c1-15(2)18-8-6-17(7-9-18)13-23-22(26)19-12-21(25)24(14-19)20-10-4-16(3)5-11-20/h4-11,15,19H,12-14H2,1-3H3,(H,23,26)/t19-/m1/s1. The van der Waals surface area contributed by atoms with Crippen molar-refractivity contribution in [1.82, 2.24) is 5.32 Å². The number of hydrogen-bond donors (Lipinski definition) is 1. The Kier molecular flexibility index (Phi) is 5.40. The van der Waals surface area contributed by atoms with Crippen molar-refractivity contribution in [2.45, 2.75) is 39.7 Å². The van der Waals surface area contributed by atoms with E-state index in [0.717, 1.165) is 16.8 Å². The molecule has 2 amide bonds. The highest BCUT2D eigenvalue weighted by molar-refractivity contribution is 6.00. The van der Waals surface area contributed by atoms with Crippen molar-refractivity contribution in [3.63, 3.8) is 0 Å². The lowest BCUT2D eigenvalue weighted by Gasteiger charge is -2.17. The molecule has 2 aromatic rings. The molecule has 0 radical (unpaired) electrons. The molecule has 1 heterocycles. The highest BCUT2D eigenvalue weighted by atomic mass is 16.2. The maximum absolute atomic E-state index is 12.5. The second kappa shape index (κ2) is 7.73. The molecule has 0 aliphatic carbocycles. The Morgan fingerprint density at radius 3 is 2.38 bits per heavy atom. The number of benzene rings is 2. The highest BCUT2D eigenvalue weighted by Crippen LogP contribution is 2.25. The summed E-state index contributed by atoms with van der Waals surface area (Å²) in [7, 11) is 0. The fourth-order valence-corrected chi connectivity index (χ4v) is 3.21. The van der Waals surface area contributed by atoms with E-state index in [9.17, 15) is 9.59 Å². The summed E-state index contributed by atoms with van der Waals surface area (Å²) in [6.45, 7) is 7.27. The minimum atomic E-state index is -0.293. The van der Waals surface area contributed by atoms with Crippen molar-refractivity contribution >= 4 is 17.5 Å². The highest BCUT2D eigenvalue weighted by Gasteiger charge is 2.34. The van der Waals surface area contributed by atoms with E-state index in [2.05, 4.69) is 31.3 Å². The Morgan fingerprint density at radius 1 is 1.12 bits per heavy atom. The zero-order valence-electron chi connectivity index (χ0n) is 15.7. The van der Waals surface area contributed by atoms with Crippen LogP contribution < -0.4 is 10.2 Å². The summed E-state index contributed by atoms with van der Waals surface area (Å²) >= 11 is 0. The van der Waals surface area contributed by atoms with Crippen LogP contribution in [0.15, 0.2) is 48.5 Å². The number of nitrogens with one attached hydrogen (secondary N) is 1. The van der Waals surface area contributed by atoms with Crippen LogP contribution in [0.5, 0.6) is 0 Å². The van der Waals surface area contributed by atoms with Gasteiger partial charge < -0.3 is 10.2 Å². The van der Waals surface area contributed by atoms with Gasteiger partial charge in [0.05, 0.1) is 5.92 Å². The van der Waals surface area contributed by atoms with Crippen LogP contribution in [0.25, 0.3) is 0 Å². The summed E-state index contributed by atoms with van der Waals surface area (Å²) in [6.07, 6.45) is 0.270. The third-order valence-corrected chi connectivity index (χ3v) is 4.95. The van der Waals surface area contributed by atoms with Crippen LogP contribution >= 0.6 is 0 Å². The number of amides is 2. The maximum Gasteiger partial charge on any atom is 0.227 e. The molecule has 0 spiro atoms. The average Bonchev–Trinajstić information content (AvgIpc) is 3.02. The Hall–Kier alpha value is -2.62. The topological polar surface area (TPSA) is 49.4 Å². The van der Waals surface area contributed by atoms with Crippen molar-refractivity contribution in [2.75, 3.05) is 11.4 Å². The van der Waals surface area contributed by atoms with E-state index >= 15 is 0 Å². The first-order valence-corrected chi connectivity index (χ1v) is 9.17. The van der Waals surface area contributed by atoms with Gasteiger partial charge in [-0.2, -0.15) is 0 Å². The minimum Gasteiger partial charge on any atom is -0.352 e. The van der Waals surface area contributed by atoms with Gasteiger partial charge in [-0.1, -0.05) is 55.8 Å². The molecule has 0 bridgehead atoms. The van der Waals surface area contributed by atoms with Crippen LogP contribution in [0.4, 0.5) is 5.69 Å². The maximum atomic E-state index is 12.5. The Bertz CT molecular complexity index is 779. The number of aryl methyl sites for hydroxylation is 1. The molecule has 1 fully saturated rings. The molecular weight excluding hydrogens is 324 g/mol. The number of carbonyl (C=O) groups excluding carboxylic acids is 2. The number of rotatable bonds is 5. The predicted molar refractivity (Wildman–Crippen MR) is 104 cm³/mol. The zero-order valence-corrected chi connectivity index (χ0v) is 15.7. The fraction of sp³-hybridized carbons (Fsp3) is 0.364. The molecule has 0 aromatic heterocycles. The van der Waals surface area contributed by atoms with E-state index in [1.165, 1.54) is 5.56 Å². The lowest BCUT2D eigenvalue weighted by Crippen LogP contribution is -2.32. The molecule has 1 saturated heterocycles. The first-order valence-electron chi connectivity index (χ1n) is 9.17. The van der Waals surface area contributed by atoms with E-state index in [1.807, 2.05) is 43.3 Å². The first kappa shape index (κ1) is 18.2. The van der Waals surface area contributed by atoms with Crippen molar-refractivity contribution in [1.29, 1.82) is 0 Å². The fourth-order valence-electron chi connectivity index (χ4n) is 3.21. The summed E-state index contributed by atoms with van der Waals surface area (Å²) in [4.78, 5) is 26.5. The van der Waals surface area contributed by atoms with Crippen LogP contribution in [0.2, 0.25) is 0 Å². The smallest absolute Gasteiger partial charge is 0.227 e. The van der Waals surface area contributed by atoms with Crippen molar-refractivity contribution in [3.8, 4) is 0 Å². The Morgan fingerprint density at radius 2 is 1.77 bits per heavy atom. The lowest BCUT2D eigenvalue weighted by atomic mass is 10.0. The zero-order chi connectivity index (χ0) is 18.7. The van der Waals surface area contributed by atoms with Gasteiger partial charge in [0.15, 0.2) is 0 Å². The van der Waals surface area contributed by atoms with Crippen LogP contribution in [-0.2, 0) is 16.1 Å². The van der Waals surface area contributed by atoms with E-state index in [1.54, 1.807) is 4.90 Å². The van der Waals surface area contributed by atoms with Gasteiger partial charge in [0.25, 0.3) is 0 Å². The van der Waals surface area contributed by atoms with E-state index in [-0.39, 0.29) is 24.2 Å². The van der Waals surface area contributed by atoms with Crippen LogP contribution in [0.1, 0.15) is 42.9 Å². The van der Waals surface area contributed by atoms with Crippen LogP contribution in [0, 0.1) is 12.8 Å². The molecule has 3 rings (SSSR count). The van der Waals surface area contributed by atoms with Crippen LogP contribution in [-0.4, -0.2) is 18.4 Å². The molecule has 1 aliphatic heterocycles. The van der Waals surface area contributed by atoms with Gasteiger partial charge in [-0.15, -0.1) is 0 Å². The van der Waals surface area contributed by atoms with Gasteiger partial charge >= 0.3 is 0 Å². The summed E-state index contributed by atoms with van der Waals surface area (Å²) in [5.41, 5.74) is 4.37. The van der Waals surface area contributed by atoms with Crippen molar-refractivity contribution in [3.05, 3.63) is 65.2 Å². The minimum absolute atomic E-state index is 0.00953. The molecule has 136 valence electrons. The molecule has 2 aromatic carbocycles. The summed E-state index contributed by atoms with van der Waals surface area (Å²) in [5.74, 6) is 0.158. The molecule has 0 saturated carbocycles. The first-order chi connectivity index (χ1) is 12.4. The van der Waals surface area contributed by atoms with Gasteiger partial charge in [-0.05, 0) is 36.1 Å².